The maximum absolute atomic E-state index is 13.6. The van der Waals surface area contributed by atoms with E-state index >= 15 is 0 Å². The Morgan fingerprint density at radius 3 is 2.67 bits per heavy atom. The first-order chi connectivity index (χ1) is 12.9. The number of anilines is 2. The lowest BCUT2D eigenvalue weighted by molar-refractivity contribution is 0.262. The average Bonchev–Trinajstić information content (AvgIpc) is 2.63. The van der Waals surface area contributed by atoms with Gasteiger partial charge >= 0.3 is 6.03 Å². The Morgan fingerprint density at radius 1 is 1.15 bits per heavy atom. The second kappa shape index (κ2) is 8.06. The minimum absolute atomic E-state index is 0.0878. The fraction of sp³-hybridized carbons (Fsp3) is 0.316. The Morgan fingerprint density at radius 2 is 1.93 bits per heavy atom. The lowest BCUT2D eigenvalue weighted by Gasteiger charge is -2.28. The molecule has 0 atom stereocenters. The maximum Gasteiger partial charge on any atom is 0.323 e. The molecule has 0 saturated carbocycles. The van der Waals surface area contributed by atoms with E-state index in [1.165, 1.54) is 16.4 Å². The van der Waals surface area contributed by atoms with E-state index in [-0.39, 0.29) is 11.4 Å². The normalized spacial score (nSPS) is 14.4. The molecule has 144 valence electrons. The highest BCUT2D eigenvalue weighted by Crippen LogP contribution is 2.25. The molecule has 0 aliphatic carbocycles. The Bertz CT molecular complexity index is 947. The second-order valence-electron chi connectivity index (χ2n) is 6.44. The summed E-state index contributed by atoms with van der Waals surface area (Å²) < 4.78 is 39.7. The fourth-order valence-corrected chi connectivity index (χ4v) is 4.56. The summed E-state index contributed by atoms with van der Waals surface area (Å²) in [6, 6.07) is 10.8. The molecule has 3 rings (SSSR count). The van der Waals surface area contributed by atoms with Crippen LogP contribution in [0.1, 0.15) is 24.5 Å². The number of urea groups is 1. The molecule has 0 saturated heterocycles. The quantitative estimate of drug-likeness (QED) is 0.818. The van der Waals surface area contributed by atoms with Gasteiger partial charge in [-0.05, 0) is 48.2 Å². The zero-order valence-corrected chi connectivity index (χ0v) is 15.9. The van der Waals surface area contributed by atoms with Gasteiger partial charge < -0.3 is 10.6 Å². The topological polar surface area (TPSA) is 78.5 Å². The van der Waals surface area contributed by atoms with E-state index in [2.05, 4.69) is 10.6 Å². The Labute approximate surface area is 158 Å². The minimum Gasteiger partial charge on any atom is -0.308 e. The van der Waals surface area contributed by atoms with Crippen LogP contribution in [0.15, 0.2) is 42.5 Å². The number of sulfonamides is 1. The van der Waals surface area contributed by atoms with Gasteiger partial charge in [-0.1, -0.05) is 25.1 Å². The van der Waals surface area contributed by atoms with Crippen LogP contribution >= 0.6 is 0 Å². The molecule has 6 nitrogen and oxygen atoms in total. The first-order valence-corrected chi connectivity index (χ1v) is 10.4. The van der Waals surface area contributed by atoms with Crippen LogP contribution in [-0.4, -0.2) is 31.1 Å². The van der Waals surface area contributed by atoms with Crippen LogP contribution < -0.4 is 10.6 Å². The van der Waals surface area contributed by atoms with Crippen molar-refractivity contribution in [1.82, 2.24) is 4.31 Å². The van der Waals surface area contributed by atoms with Gasteiger partial charge in [0.15, 0.2) is 0 Å². The monoisotopic (exact) mass is 391 g/mol. The first-order valence-electron chi connectivity index (χ1n) is 8.81. The zero-order chi connectivity index (χ0) is 19.4. The summed E-state index contributed by atoms with van der Waals surface area (Å²) in [5, 5.41) is 5.12. The molecule has 1 aliphatic heterocycles. The predicted octanol–water partition coefficient (Wildman–Crippen LogP) is 3.57. The zero-order valence-electron chi connectivity index (χ0n) is 15.0. The molecule has 1 aliphatic rings. The molecule has 1 heterocycles. The number of rotatable bonds is 5. The fourth-order valence-electron chi connectivity index (χ4n) is 3.08. The van der Waals surface area contributed by atoms with Gasteiger partial charge in [-0.3, -0.25) is 0 Å². The summed E-state index contributed by atoms with van der Waals surface area (Å²) in [5.41, 5.74) is 2.55. The lowest BCUT2D eigenvalue weighted by Crippen LogP contribution is -2.37. The molecule has 0 bridgehead atoms. The Balaban J connectivity index is 1.71. The van der Waals surface area contributed by atoms with E-state index in [0.717, 1.165) is 11.1 Å². The summed E-state index contributed by atoms with van der Waals surface area (Å²) in [7, 11) is -3.27. The van der Waals surface area contributed by atoms with Gasteiger partial charge in [0, 0.05) is 18.8 Å². The van der Waals surface area contributed by atoms with Crippen LogP contribution in [0, 0.1) is 5.82 Å². The standard InChI is InChI=1S/C19H22FN3O3S/c1-2-11-27(25,26)23-10-9-14-7-8-16(12-15(14)13-23)21-19(24)22-18-6-4-3-5-17(18)20/h3-8,12H,2,9-11,13H2,1H3,(H2,21,22,24). The van der Waals surface area contributed by atoms with Crippen molar-refractivity contribution < 1.29 is 17.6 Å². The summed E-state index contributed by atoms with van der Waals surface area (Å²) in [4.78, 5) is 12.1. The summed E-state index contributed by atoms with van der Waals surface area (Å²) in [5.74, 6) is -0.388. The van der Waals surface area contributed by atoms with Gasteiger partial charge in [0.1, 0.15) is 5.82 Å². The third-order valence-electron chi connectivity index (χ3n) is 4.42. The van der Waals surface area contributed by atoms with Gasteiger partial charge in [0.25, 0.3) is 0 Å². The largest absolute Gasteiger partial charge is 0.323 e. The van der Waals surface area contributed by atoms with Crippen molar-refractivity contribution in [3.8, 4) is 0 Å². The van der Waals surface area contributed by atoms with E-state index in [0.29, 0.717) is 31.6 Å². The van der Waals surface area contributed by atoms with Crippen LogP contribution in [0.3, 0.4) is 0 Å². The van der Waals surface area contributed by atoms with Crippen LogP contribution in [0.25, 0.3) is 0 Å². The van der Waals surface area contributed by atoms with E-state index < -0.39 is 21.9 Å². The Kier molecular flexibility index (Phi) is 5.76. The molecular weight excluding hydrogens is 369 g/mol. The lowest BCUT2D eigenvalue weighted by atomic mass is 10.0. The molecule has 2 aromatic carbocycles. The van der Waals surface area contributed by atoms with Gasteiger partial charge in [-0.15, -0.1) is 0 Å². The van der Waals surface area contributed by atoms with E-state index in [9.17, 15) is 17.6 Å². The molecule has 0 aromatic heterocycles. The second-order valence-corrected chi connectivity index (χ2v) is 8.53. The van der Waals surface area contributed by atoms with E-state index in [1.54, 1.807) is 24.3 Å². The highest BCUT2D eigenvalue weighted by molar-refractivity contribution is 7.89. The van der Waals surface area contributed by atoms with Crippen molar-refractivity contribution in [2.45, 2.75) is 26.3 Å². The van der Waals surface area contributed by atoms with Crippen molar-refractivity contribution in [2.24, 2.45) is 0 Å². The van der Waals surface area contributed by atoms with Gasteiger partial charge in [-0.25, -0.2) is 17.6 Å². The van der Waals surface area contributed by atoms with Crippen molar-refractivity contribution >= 4 is 27.4 Å². The molecule has 27 heavy (non-hydrogen) atoms. The van der Waals surface area contributed by atoms with Crippen molar-refractivity contribution in [1.29, 1.82) is 0 Å². The first kappa shape index (κ1) is 19.3. The third kappa shape index (κ3) is 4.64. The number of fused-ring (bicyclic) bond motifs is 1. The minimum atomic E-state index is -3.27. The number of halogens is 1. The molecule has 0 unspecified atom stereocenters. The number of nitrogens with one attached hydrogen (secondary N) is 2. The van der Waals surface area contributed by atoms with Gasteiger partial charge in [0.05, 0.1) is 11.4 Å². The molecule has 0 spiro atoms. The molecule has 0 radical (unpaired) electrons. The summed E-state index contributed by atoms with van der Waals surface area (Å²) in [6.45, 7) is 2.60. The maximum atomic E-state index is 13.6. The number of hydrogen-bond donors (Lipinski definition) is 2. The average molecular weight is 391 g/mol. The molecule has 2 aromatic rings. The van der Waals surface area contributed by atoms with Crippen molar-refractivity contribution in [3.05, 3.63) is 59.4 Å². The number of benzene rings is 2. The van der Waals surface area contributed by atoms with Crippen LogP contribution in [0.4, 0.5) is 20.6 Å². The van der Waals surface area contributed by atoms with Crippen LogP contribution in [0.5, 0.6) is 0 Å². The highest BCUT2D eigenvalue weighted by atomic mass is 32.2. The number of amides is 2. The van der Waals surface area contributed by atoms with Crippen molar-refractivity contribution in [3.63, 3.8) is 0 Å². The SMILES string of the molecule is CCCS(=O)(=O)N1CCc2ccc(NC(=O)Nc3ccccc3F)cc2C1. The number of carbonyl (C=O) groups is 1. The predicted molar refractivity (Wildman–Crippen MR) is 104 cm³/mol. The summed E-state index contributed by atoms with van der Waals surface area (Å²) in [6.07, 6.45) is 1.21. The van der Waals surface area contributed by atoms with E-state index in [1.807, 2.05) is 13.0 Å². The number of para-hydroxylation sites is 1. The molecule has 8 heteroatoms. The smallest absolute Gasteiger partial charge is 0.308 e. The van der Waals surface area contributed by atoms with Gasteiger partial charge in [-0.2, -0.15) is 4.31 Å². The molecule has 2 N–H and O–H groups in total. The molecular formula is C19H22FN3O3S. The van der Waals surface area contributed by atoms with Crippen LogP contribution in [0.2, 0.25) is 0 Å². The van der Waals surface area contributed by atoms with Crippen LogP contribution in [-0.2, 0) is 23.0 Å². The number of carbonyl (C=O) groups excluding carboxylic acids is 1. The molecule has 2 amide bonds. The number of hydrogen-bond acceptors (Lipinski definition) is 3. The van der Waals surface area contributed by atoms with Gasteiger partial charge in [0.2, 0.25) is 10.0 Å². The third-order valence-corrected chi connectivity index (χ3v) is 6.44. The van der Waals surface area contributed by atoms with E-state index in [4.69, 9.17) is 0 Å². The molecule has 0 fully saturated rings. The Hall–Kier alpha value is -2.45. The number of nitrogens with zero attached hydrogens (tertiary/aromatic N) is 1. The summed E-state index contributed by atoms with van der Waals surface area (Å²) >= 11 is 0. The van der Waals surface area contributed by atoms with Crippen molar-refractivity contribution in [2.75, 3.05) is 22.9 Å². The highest BCUT2D eigenvalue weighted by Gasteiger charge is 2.26.